The fourth-order valence-corrected chi connectivity index (χ4v) is 1.16. The predicted molar refractivity (Wildman–Crippen MR) is 50.4 cm³/mol. The molecule has 1 aliphatic rings. The van der Waals surface area contributed by atoms with E-state index in [4.69, 9.17) is 10.00 Å². The molecular formula is C9H15N3O2. The van der Waals surface area contributed by atoms with Crippen molar-refractivity contribution in [3.05, 3.63) is 0 Å². The summed E-state index contributed by atoms with van der Waals surface area (Å²) in [5.74, 6) is -0.241. The van der Waals surface area contributed by atoms with Crippen molar-refractivity contribution < 1.29 is 9.53 Å². The molecule has 0 aromatic heterocycles. The van der Waals surface area contributed by atoms with E-state index in [9.17, 15) is 4.79 Å². The summed E-state index contributed by atoms with van der Waals surface area (Å²) in [5, 5.41) is 14.3. The molecule has 1 fully saturated rings. The van der Waals surface area contributed by atoms with E-state index in [0.29, 0.717) is 26.3 Å². The van der Waals surface area contributed by atoms with Gasteiger partial charge in [-0.25, -0.2) is 0 Å². The van der Waals surface area contributed by atoms with Gasteiger partial charge in [0.15, 0.2) is 0 Å². The molecule has 78 valence electrons. The van der Waals surface area contributed by atoms with Crippen LogP contribution < -0.4 is 10.6 Å². The van der Waals surface area contributed by atoms with Crippen molar-refractivity contribution >= 4 is 5.91 Å². The Labute approximate surface area is 83.4 Å². The van der Waals surface area contributed by atoms with E-state index in [1.165, 1.54) is 0 Å². The van der Waals surface area contributed by atoms with Crippen molar-refractivity contribution in [2.24, 2.45) is 5.92 Å². The molecule has 14 heavy (non-hydrogen) atoms. The zero-order valence-electron chi connectivity index (χ0n) is 8.25. The minimum absolute atomic E-state index is 0.0909. The Balaban J connectivity index is 2.24. The fraction of sp³-hybridized carbons (Fsp3) is 0.778. The molecule has 0 spiro atoms. The number of carbonyl (C=O) groups is 1. The Hall–Kier alpha value is -1.12. The lowest BCUT2D eigenvalue weighted by atomic mass is 10.2. The summed E-state index contributed by atoms with van der Waals surface area (Å²) in [6.45, 7) is 3.93. The highest BCUT2D eigenvalue weighted by molar-refractivity contribution is 5.81. The van der Waals surface area contributed by atoms with Gasteiger partial charge in [-0.2, -0.15) is 5.26 Å². The highest BCUT2D eigenvalue weighted by Crippen LogP contribution is 1.94. The van der Waals surface area contributed by atoms with E-state index in [-0.39, 0.29) is 17.9 Å². The number of nitriles is 1. The molecule has 1 aliphatic heterocycles. The van der Waals surface area contributed by atoms with Crippen molar-refractivity contribution in [3.63, 3.8) is 0 Å². The van der Waals surface area contributed by atoms with Crippen LogP contribution in [0, 0.1) is 17.2 Å². The standard InChI is InChI=1S/C9H15N3O2/c1-7(4-10)5-12-9(13)8-6-14-3-2-11-8/h7-8,11H,2-3,5-6H2,1H3,(H,12,13). The Morgan fingerprint density at radius 2 is 2.64 bits per heavy atom. The number of carbonyl (C=O) groups excluding carboxylic acids is 1. The lowest BCUT2D eigenvalue weighted by Gasteiger charge is -2.23. The van der Waals surface area contributed by atoms with Crippen LogP contribution >= 0.6 is 0 Å². The molecule has 5 nitrogen and oxygen atoms in total. The Morgan fingerprint density at radius 1 is 1.86 bits per heavy atom. The second kappa shape index (κ2) is 5.58. The average molecular weight is 197 g/mol. The highest BCUT2D eigenvalue weighted by atomic mass is 16.5. The van der Waals surface area contributed by atoms with Gasteiger partial charge in [-0.1, -0.05) is 0 Å². The second-order valence-corrected chi connectivity index (χ2v) is 3.36. The molecule has 2 atom stereocenters. The minimum atomic E-state index is -0.269. The van der Waals surface area contributed by atoms with Crippen molar-refractivity contribution in [2.45, 2.75) is 13.0 Å². The van der Waals surface area contributed by atoms with Crippen LogP contribution in [0.2, 0.25) is 0 Å². The van der Waals surface area contributed by atoms with Crippen LogP contribution in [0.15, 0.2) is 0 Å². The highest BCUT2D eigenvalue weighted by Gasteiger charge is 2.20. The minimum Gasteiger partial charge on any atom is -0.378 e. The van der Waals surface area contributed by atoms with Crippen LogP contribution in [0.25, 0.3) is 0 Å². The SMILES string of the molecule is CC(C#N)CNC(=O)C1COCCN1. The topological polar surface area (TPSA) is 74.2 Å². The van der Waals surface area contributed by atoms with Gasteiger partial charge in [0.2, 0.25) is 5.91 Å². The van der Waals surface area contributed by atoms with Crippen molar-refractivity contribution in [3.8, 4) is 6.07 Å². The van der Waals surface area contributed by atoms with Gasteiger partial charge >= 0.3 is 0 Å². The molecule has 5 heteroatoms. The molecule has 2 N–H and O–H groups in total. The fourth-order valence-electron chi connectivity index (χ4n) is 1.16. The monoisotopic (exact) mass is 197 g/mol. The number of nitrogens with one attached hydrogen (secondary N) is 2. The van der Waals surface area contributed by atoms with Crippen LogP contribution in [0.5, 0.6) is 0 Å². The second-order valence-electron chi connectivity index (χ2n) is 3.36. The number of amides is 1. The third-order valence-corrected chi connectivity index (χ3v) is 2.04. The summed E-state index contributed by atoms with van der Waals surface area (Å²) in [7, 11) is 0. The van der Waals surface area contributed by atoms with Crippen LogP contribution in [0.1, 0.15) is 6.92 Å². The van der Waals surface area contributed by atoms with Gasteiger partial charge in [0.05, 0.1) is 25.2 Å². The Kier molecular flexibility index (Phi) is 4.36. The molecule has 0 aromatic carbocycles. The van der Waals surface area contributed by atoms with Gasteiger partial charge in [0.25, 0.3) is 0 Å². The van der Waals surface area contributed by atoms with Gasteiger partial charge in [0, 0.05) is 13.1 Å². The molecule has 0 aliphatic carbocycles. The average Bonchev–Trinajstić information content (AvgIpc) is 2.26. The zero-order chi connectivity index (χ0) is 10.4. The summed E-state index contributed by atoms with van der Waals surface area (Å²) in [6.07, 6.45) is 0. The van der Waals surface area contributed by atoms with Crippen LogP contribution in [-0.2, 0) is 9.53 Å². The molecule has 1 amide bonds. The number of ether oxygens (including phenoxy) is 1. The summed E-state index contributed by atoms with van der Waals surface area (Å²) in [5.41, 5.74) is 0. The lowest BCUT2D eigenvalue weighted by molar-refractivity contribution is -0.126. The molecule has 2 unspecified atom stereocenters. The Bertz CT molecular complexity index is 231. The molecule has 1 rings (SSSR count). The van der Waals surface area contributed by atoms with Crippen LogP contribution in [0.3, 0.4) is 0 Å². The van der Waals surface area contributed by atoms with Crippen molar-refractivity contribution in [1.29, 1.82) is 5.26 Å². The molecule has 0 aromatic rings. The van der Waals surface area contributed by atoms with Crippen LogP contribution in [0.4, 0.5) is 0 Å². The van der Waals surface area contributed by atoms with Crippen molar-refractivity contribution in [1.82, 2.24) is 10.6 Å². The maximum atomic E-state index is 11.5. The molecule has 0 radical (unpaired) electrons. The summed E-state index contributed by atoms with van der Waals surface area (Å²) < 4.78 is 5.15. The Morgan fingerprint density at radius 3 is 3.21 bits per heavy atom. The molecule has 1 heterocycles. The number of nitrogens with zero attached hydrogens (tertiary/aromatic N) is 1. The van der Waals surface area contributed by atoms with Gasteiger partial charge in [-0.15, -0.1) is 0 Å². The summed E-state index contributed by atoms with van der Waals surface area (Å²) in [4.78, 5) is 11.5. The zero-order valence-corrected chi connectivity index (χ0v) is 8.25. The summed E-state index contributed by atoms with van der Waals surface area (Å²) in [6, 6.07) is 1.79. The first kappa shape index (κ1) is 11.0. The first-order valence-electron chi connectivity index (χ1n) is 4.72. The molecule has 0 bridgehead atoms. The van der Waals surface area contributed by atoms with Gasteiger partial charge in [-0.05, 0) is 6.92 Å². The molecule has 0 saturated carbocycles. The summed E-state index contributed by atoms with van der Waals surface area (Å²) >= 11 is 0. The first-order chi connectivity index (χ1) is 6.74. The largest absolute Gasteiger partial charge is 0.378 e. The van der Waals surface area contributed by atoms with E-state index >= 15 is 0 Å². The number of morpholine rings is 1. The van der Waals surface area contributed by atoms with Gasteiger partial charge < -0.3 is 15.4 Å². The normalized spacial score (nSPS) is 23.6. The maximum absolute atomic E-state index is 11.5. The van der Waals surface area contributed by atoms with Crippen LogP contribution in [-0.4, -0.2) is 38.3 Å². The van der Waals surface area contributed by atoms with E-state index < -0.39 is 0 Å². The van der Waals surface area contributed by atoms with E-state index in [2.05, 4.69) is 16.7 Å². The first-order valence-corrected chi connectivity index (χ1v) is 4.72. The number of hydrogen-bond acceptors (Lipinski definition) is 4. The lowest BCUT2D eigenvalue weighted by Crippen LogP contribution is -2.51. The predicted octanol–water partition coefficient (Wildman–Crippen LogP) is -0.749. The quantitative estimate of drug-likeness (QED) is 0.624. The van der Waals surface area contributed by atoms with E-state index in [1.807, 2.05) is 0 Å². The number of hydrogen-bond donors (Lipinski definition) is 2. The van der Waals surface area contributed by atoms with Gasteiger partial charge in [0.1, 0.15) is 6.04 Å². The number of rotatable bonds is 3. The van der Waals surface area contributed by atoms with Gasteiger partial charge in [-0.3, -0.25) is 4.79 Å². The third-order valence-electron chi connectivity index (χ3n) is 2.04. The smallest absolute Gasteiger partial charge is 0.239 e. The molecular weight excluding hydrogens is 182 g/mol. The molecule has 1 saturated heterocycles. The van der Waals surface area contributed by atoms with Crippen molar-refractivity contribution in [2.75, 3.05) is 26.3 Å². The third kappa shape index (κ3) is 3.32. The van der Waals surface area contributed by atoms with E-state index in [1.54, 1.807) is 6.92 Å². The van der Waals surface area contributed by atoms with E-state index in [0.717, 1.165) is 0 Å². The maximum Gasteiger partial charge on any atom is 0.239 e.